The molecule has 2 N–H and O–H groups in total. The fourth-order valence-corrected chi connectivity index (χ4v) is 7.66. The first-order chi connectivity index (χ1) is 13.6. The molecule has 28 heavy (non-hydrogen) atoms. The van der Waals surface area contributed by atoms with Gasteiger partial charge in [0.2, 0.25) is 10.0 Å². The highest BCUT2D eigenvalue weighted by atomic mass is 32.2. The van der Waals surface area contributed by atoms with Crippen molar-refractivity contribution in [3.63, 3.8) is 0 Å². The van der Waals surface area contributed by atoms with E-state index in [1.807, 2.05) is 0 Å². The second kappa shape index (κ2) is 8.10. The Hall–Kier alpha value is -1.48. The maximum Gasteiger partial charge on any atom is 0.243 e. The van der Waals surface area contributed by atoms with Crippen LogP contribution < -0.4 is 0 Å². The number of hydrogen-bond donors (Lipinski definition) is 2. The Morgan fingerprint density at radius 2 is 1.93 bits per heavy atom. The van der Waals surface area contributed by atoms with Gasteiger partial charge >= 0.3 is 0 Å². The van der Waals surface area contributed by atoms with E-state index in [4.69, 9.17) is 5.21 Å². The van der Waals surface area contributed by atoms with Crippen LogP contribution in [0.3, 0.4) is 0 Å². The van der Waals surface area contributed by atoms with Gasteiger partial charge in [-0.2, -0.15) is 4.31 Å². The van der Waals surface area contributed by atoms with Crippen molar-refractivity contribution >= 4 is 16.2 Å². The SMILES string of the molecule is O=S(=O)(c1ccccc1/C=N/O)N1C[C@@H]2CCCN3CCC[C@@H]([C@H]23)[C@H]1CCO. The molecular weight excluding hydrogens is 378 g/mol. The molecule has 0 aliphatic carbocycles. The van der Waals surface area contributed by atoms with Gasteiger partial charge in [-0.3, -0.25) is 4.90 Å². The van der Waals surface area contributed by atoms with Crippen molar-refractivity contribution in [3.8, 4) is 0 Å². The zero-order chi connectivity index (χ0) is 19.7. The fraction of sp³-hybridized carbons (Fsp3) is 0.650. The number of benzene rings is 1. The van der Waals surface area contributed by atoms with Gasteiger partial charge in [0.15, 0.2) is 0 Å². The molecule has 0 unspecified atom stereocenters. The van der Waals surface area contributed by atoms with Crippen LogP contribution in [0, 0.1) is 11.8 Å². The first-order valence-corrected chi connectivity index (χ1v) is 11.6. The van der Waals surface area contributed by atoms with Crippen LogP contribution >= 0.6 is 0 Å². The summed E-state index contributed by atoms with van der Waals surface area (Å²) in [5.41, 5.74) is 0.379. The summed E-state index contributed by atoms with van der Waals surface area (Å²) in [7, 11) is -3.77. The minimum Gasteiger partial charge on any atom is -0.411 e. The van der Waals surface area contributed by atoms with Gasteiger partial charge in [0.25, 0.3) is 0 Å². The summed E-state index contributed by atoms with van der Waals surface area (Å²) in [6.45, 7) is 2.68. The van der Waals surface area contributed by atoms with E-state index in [0.29, 0.717) is 30.5 Å². The van der Waals surface area contributed by atoms with Gasteiger partial charge in [0.1, 0.15) is 0 Å². The van der Waals surface area contributed by atoms with E-state index < -0.39 is 10.0 Å². The summed E-state index contributed by atoms with van der Waals surface area (Å²) in [6, 6.07) is 6.87. The molecule has 0 aromatic heterocycles. The molecule has 0 saturated carbocycles. The first-order valence-electron chi connectivity index (χ1n) is 10.2. The van der Waals surface area contributed by atoms with Gasteiger partial charge in [0.05, 0.1) is 11.1 Å². The van der Waals surface area contributed by atoms with E-state index in [1.165, 1.54) is 6.21 Å². The zero-order valence-corrected chi connectivity index (χ0v) is 16.8. The fourth-order valence-electron chi connectivity index (χ4n) is 5.73. The molecule has 4 rings (SSSR count). The highest BCUT2D eigenvalue weighted by molar-refractivity contribution is 7.89. The smallest absolute Gasteiger partial charge is 0.243 e. The number of aliphatic hydroxyl groups excluding tert-OH is 1. The lowest BCUT2D eigenvalue weighted by atomic mass is 9.70. The lowest BCUT2D eigenvalue weighted by molar-refractivity contribution is -0.0546. The predicted molar refractivity (Wildman–Crippen MR) is 106 cm³/mol. The molecule has 7 nitrogen and oxygen atoms in total. The highest BCUT2D eigenvalue weighted by Gasteiger charge is 2.51. The molecule has 0 bridgehead atoms. The van der Waals surface area contributed by atoms with E-state index >= 15 is 0 Å². The van der Waals surface area contributed by atoms with Crippen molar-refractivity contribution in [2.45, 2.75) is 49.1 Å². The maximum atomic E-state index is 13.7. The number of aliphatic hydroxyl groups is 1. The average molecular weight is 408 g/mol. The van der Waals surface area contributed by atoms with Crippen molar-refractivity contribution in [3.05, 3.63) is 29.8 Å². The summed E-state index contributed by atoms with van der Waals surface area (Å²) in [6.07, 6.45) is 5.88. The van der Waals surface area contributed by atoms with Crippen molar-refractivity contribution < 1.29 is 18.7 Å². The maximum absolute atomic E-state index is 13.7. The monoisotopic (exact) mass is 407 g/mol. The zero-order valence-electron chi connectivity index (χ0n) is 16.0. The van der Waals surface area contributed by atoms with E-state index in [0.717, 1.165) is 38.8 Å². The third-order valence-corrected chi connectivity index (χ3v) is 8.72. The van der Waals surface area contributed by atoms with Gasteiger partial charge in [-0.05, 0) is 63.1 Å². The molecule has 154 valence electrons. The third kappa shape index (κ3) is 3.36. The van der Waals surface area contributed by atoms with Crippen molar-refractivity contribution in [2.24, 2.45) is 17.0 Å². The van der Waals surface area contributed by atoms with Crippen LogP contribution in [0.4, 0.5) is 0 Å². The predicted octanol–water partition coefficient (Wildman–Crippen LogP) is 1.74. The number of sulfonamides is 1. The highest BCUT2D eigenvalue weighted by Crippen LogP contribution is 2.44. The summed E-state index contributed by atoms with van der Waals surface area (Å²) >= 11 is 0. The minimum absolute atomic E-state index is 0.0235. The quantitative estimate of drug-likeness (QED) is 0.441. The van der Waals surface area contributed by atoms with Gasteiger partial charge in [-0.25, -0.2) is 8.42 Å². The van der Waals surface area contributed by atoms with Crippen molar-refractivity contribution in [2.75, 3.05) is 26.2 Å². The molecule has 8 heteroatoms. The van der Waals surface area contributed by atoms with Gasteiger partial charge in [-0.1, -0.05) is 23.4 Å². The Balaban J connectivity index is 1.75. The molecule has 3 saturated heterocycles. The van der Waals surface area contributed by atoms with Crippen LogP contribution in [0.15, 0.2) is 34.3 Å². The number of oxime groups is 1. The molecule has 3 heterocycles. The Labute approximate surface area is 166 Å². The van der Waals surface area contributed by atoms with Crippen LogP contribution in [0.2, 0.25) is 0 Å². The molecule has 3 aliphatic heterocycles. The van der Waals surface area contributed by atoms with Crippen LogP contribution in [0.25, 0.3) is 0 Å². The Morgan fingerprint density at radius 1 is 1.18 bits per heavy atom. The summed E-state index contributed by atoms with van der Waals surface area (Å²) in [5.74, 6) is 0.593. The third-order valence-electron chi connectivity index (χ3n) is 6.75. The molecule has 0 spiro atoms. The van der Waals surface area contributed by atoms with Gasteiger partial charge in [-0.15, -0.1) is 0 Å². The summed E-state index contributed by atoms with van der Waals surface area (Å²) in [4.78, 5) is 2.72. The lowest BCUT2D eigenvalue weighted by Gasteiger charge is -2.57. The Morgan fingerprint density at radius 3 is 2.68 bits per heavy atom. The number of piperidine rings is 3. The van der Waals surface area contributed by atoms with E-state index in [-0.39, 0.29) is 23.5 Å². The van der Waals surface area contributed by atoms with Crippen molar-refractivity contribution in [1.29, 1.82) is 0 Å². The molecular formula is C20H29N3O4S. The molecule has 0 radical (unpaired) electrons. The Bertz CT molecular complexity index is 826. The molecule has 3 fully saturated rings. The van der Waals surface area contributed by atoms with Crippen LogP contribution in [0.1, 0.15) is 37.7 Å². The number of hydrogen-bond acceptors (Lipinski definition) is 6. The van der Waals surface area contributed by atoms with Crippen LogP contribution in [-0.4, -0.2) is 72.5 Å². The van der Waals surface area contributed by atoms with Crippen LogP contribution in [0.5, 0.6) is 0 Å². The number of rotatable bonds is 5. The molecule has 1 aromatic carbocycles. The molecule has 1 aromatic rings. The normalized spacial score (nSPS) is 31.8. The first kappa shape index (κ1) is 19.8. The summed E-state index contributed by atoms with van der Waals surface area (Å²) in [5, 5.41) is 21.7. The number of nitrogens with zero attached hydrogens (tertiary/aromatic N) is 3. The largest absolute Gasteiger partial charge is 0.411 e. The van der Waals surface area contributed by atoms with E-state index in [1.54, 1.807) is 28.6 Å². The van der Waals surface area contributed by atoms with E-state index in [9.17, 15) is 13.5 Å². The van der Waals surface area contributed by atoms with Gasteiger partial charge < -0.3 is 10.3 Å². The molecule has 4 atom stereocenters. The second-order valence-corrected chi connectivity index (χ2v) is 10.0. The topological polar surface area (TPSA) is 93.4 Å². The van der Waals surface area contributed by atoms with Crippen LogP contribution in [-0.2, 0) is 10.0 Å². The summed E-state index contributed by atoms with van der Waals surface area (Å²) < 4.78 is 29.0. The standard InChI is InChI=1S/C20H29N3O4S/c24-12-9-18-17-7-4-11-22-10-3-6-16(20(17)22)14-23(18)28(26,27)19-8-2-1-5-15(19)13-21-25/h1-2,5,8,13,16-18,20,24-25H,3-4,6-7,9-12,14H2/b21-13+/t16-,17+,18+,20-/m0/s1. The van der Waals surface area contributed by atoms with Crippen molar-refractivity contribution in [1.82, 2.24) is 9.21 Å². The molecule has 3 aliphatic rings. The second-order valence-electron chi connectivity index (χ2n) is 8.17. The Kier molecular flexibility index (Phi) is 5.73. The van der Waals surface area contributed by atoms with Gasteiger partial charge in [0, 0.05) is 30.8 Å². The lowest BCUT2D eigenvalue weighted by Crippen LogP contribution is -2.65. The molecule has 0 amide bonds. The average Bonchev–Trinajstić information content (AvgIpc) is 2.70. The minimum atomic E-state index is -3.77. The van der Waals surface area contributed by atoms with E-state index in [2.05, 4.69) is 10.1 Å².